The van der Waals surface area contributed by atoms with E-state index < -0.39 is 12.1 Å². The predicted octanol–water partition coefficient (Wildman–Crippen LogP) is 5.44. The molecule has 0 bridgehead atoms. The molecule has 190 valence electrons. The molecule has 2 atom stereocenters. The minimum atomic E-state index is -0.772. The molecular weight excluding hydrogens is 456 g/mol. The number of benzene rings is 2. The molecule has 8 nitrogen and oxygen atoms in total. The molecule has 4 rings (SSSR count). The second kappa shape index (κ2) is 11.4. The topological polar surface area (TPSA) is 105 Å². The Kier molecular flexibility index (Phi) is 8.05. The van der Waals surface area contributed by atoms with Crippen LogP contribution in [0.3, 0.4) is 0 Å². The Hall–Kier alpha value is -3.65. The highest BCUT2D eigenvalue weighted by atomic mass is 16.6. The van der Waals surface area contributed by atoms with Crippen LogP contribution in [0.4, 0.5) is 10.5 Å². The van der Waals surface area contributed by atoms with Crippen LogP contribution in [0, 0.1) is 12.8 Å². The minimum Gasteiger partial charge on any atom is -0.481 e. The van der Waals surface area contributed by atoms with Crippen molar-refractivity contribution < 1.29 is 19.4 Å². The number of rotatable bonds is 11. The maximum absolute atomic E-state index is 12.7. The molecule has 2 aromatic carbocycles. The zero-order valence-electron chi connectivity index (χ0n) is 21.0. The summed E-state index contributed by atoms with van der Waals surface area (Å²) in [4.78, 5) is 23.9. The van der Waals surface area contributed by atoms with Crippen LogP contribution in [-0.4, -0.2) is 33.0 Å². The number of hydrogen-bond acceptors (Lipinski definition) is 5. The molecule has 1 fully saturated rings. The SMILES string of the molecule is Cc1c(NC(=O)OC(C)c2ccccc2)c(-c2ccc(CNC(CC(=O)O)CC3CC3)cc2)nn1C. The fourth-order valence-electron chi connectivity index (χ4n) is 4.29. The molecular formula is C28H34N4O4. The van der Waals surface area contributed by atoms with E-state index in [-0.39, 0.29) is 18.6 Å². The summed E-state index contributed by atoms with van der Waals surface area (Å²) in [6.07, 6.45) is 2.52. The van der Waals surface area contributed by atoms with Gasteiger partial charge in [-0.1, -0.05) is 67.4 Å². The summed E-state index contributed by atoms with van der Waals surface area (Å²) in [5.74, 6) is -0.115. The number of nitrogens with zero attached hydrogens (tertiary/aromatic N) is 2. The highest BCUT2D eigenvalue weighted by Gasteiger charge is 2.26. The molecule has 3 N–H and O–H groups in total. The number of carboxylic acids is 1. The number of aryl methyl sites for hydroxylation is 1. The van der Waals surface area contributed by atoms with Gasteiger partial charge in [-0.25, -0.2) is 4.79 Å². The van der Waals surface area contributed by atoms with Gasteiger partial charge in [-0.3, -0.25) is 14.8 Å². The average molecular weight is 491 g/mol. The van der Waals surface area contributed by atoms with Crippen molar-refractivity contribution >= 4 is 17.7 Å². The molecule has 36 heavy (non-hydrogen) atoms. The van der Waals surface area contributed by atoms with Crippen LogP contribution >= 0.6 is 0 Å². The molecule has 2 unspecified atom stereocenters. The number of carbonyl (C=O) groups excluding carboxylic acids is 1. The zero-order valence-corrected chi connectivity index (χ0v) is 21.0. The maximum atomic E-state index is 12.7. The Labute approximate surface area is 211 Å². The van der Waals surface area contributed by atoms with Gasteiger partial charge in [0.15, 0.2) is 0 Å². The standard InChI is InChI=1S/C28H34N4O4/c1-18-26(30-28(35)36-19(2)22-7-5-4-6-8-22)27(31-32(18)3)23-13-11-21(12-14-23)17-29-24(16-25(33)34)15-20-9-10-20/h4-8,11-14,19-20,24,29H,9-10,15-17H2,1-3H3,(H,30,35)(H,33,34). The summed E-state index contributed by atoms with van der Waals surface area (Å²) in [6.45, 7) is 4.33. The van der Waals surface area contributed by atoms with Crippen LogP contribution in [0.2, 0.25) is 0 Å². The largest absolute Gasteiger partial charge is 0.481 e. The van der Waals surface area contributed by atoms with E-state index in [4.69, 9.17) is 4.74 Å². The lowest BCUT2D eigenvalue weighted by Crippen LogP contribution is -2.31. The first kappa shape index (κ1) is 25.4. The van der Waals surface area contributed by atoms with Crippen LogP contribution in [0.1, 0.15) is 55.5 Å². The van der Waals surface area contributed by atoms with E-state index in [1.165, 1.54) is 12.8 Å². The smallest absolute Gasteiger partial charge is 0.412 e. The van der Waals surface area contributed by atoms with E-state index >= 15 is 0 Å². The van der Waals surface area contributed by atoms with Crippen LogP contribution in [0.5, 0.6) is 0 Å². The minimum absolute atomic E-state index is 0.0202. The molecule has 1 amide bonds. The van der Waals surface area contributed by atoms with E-state index in [2.05, 4.69) is 15.7 Å². The van der Waals surface area contributed by atoms with Crippen molar-refractivity contribution in [3.8, 4) is 11.3 Å². The monoisotopic (exact) mass is 490 g/mol. The summed E-state index contributed by atoms with van der Waals surface area (Å²) >= 11 is 0. The third kappa shape index (κ3) is 6.73. The summed E-state index contributed by atoms with van der Waals surface area (Å²) < 4.78 is 7.32. The molecule has 0 radical (unpaired) electrons. The summed E-state index contributed by atoms with van der Waals surface area (Å²) in [5.41, 5.74) is 4.94. The van der Waals surface area contributed by atoms with E-state index in [1.807, 2.05) is 75.5 Å². The molecule has 0 aliphatic heterocycles. The maximum Gasteiger partial charge on any atom is 0.412 e. The van der Waals surface area contributed by atoms with Gasteiger partial charge in [-0.05, 0) is 37.3 Å². The molecule has 0 saturated heterocycles. The molecule has 1 aromatic heterocycles. The van der Waals surface area contributed by atoms with Crippen molar-refractivity contribution in [1.82, 2.24) is 15.1 Å². The lowest BCUT2D eigenvalue weighted by atomic mass is 10.0. The highest BCUT2D eigenvalue weighted by Crippen LogP contribution is 2.34. The van der Waals surface area contributed by atoms with Crippen LogP contribution < -0.4 is 10.6 Å². The molecule has 1 saturated carbocycles. The fourth-order valence-corrected chi connectivity index (χ4v) is 4.29. The van der Waals surface area contributed by atoms with Gasteiger partial charge in [0.1, 0.15) is 11.8 Å². The fraction of sp³-hybridized carbons (Fsp3) is 0.393. The lowest BCUT2D eigenvalue weighted by molar-refractivity contribution is -0.137. The zero-order chi connectivity index (χ0) is 25.7. The van der Waals surface area contributed by atoms with E-state index in [9.17, 15) is 14.7 Å². The summed E-state index contributed by atoms with van der Waals surface area (Å²) in [6, 6.07) is 17.5. The third-order valence-electron chi connectivity index (χ3n) is 6.67. The van der Waals surface area contributed by atoms with Gasteiger partial charge in [-0.15, -0.1) is 0 Å². The molecule has 1 aliphatic carbocycles. The van der Waals surface area contributed by atoms with Gasteiger partial charge >= 0.3 is 12.1 Å². The predicted molar refractivity (Wildman–Crippen MR) is 139 cm³/mol. The Bertz CT molecular complexity index is 1190. The van der Waals surface area contributed by atoms with Gasteiger partial charge < -0.3 is 15.2 Å². The molecule has 0 spiro atoms. The lowest BCUT2D eigenvalue weighted by Gasteiger charge is -2.17. The highest BCUT2D eigenvalue weighted by molar-refractivity contribution is 5.91. The van der Waals surface area contributed by atoms with Crippen molar-refractivity contribution in [2.75, 3.05) is 5.32 Å². The van der Waals surface area contributed by atoms with Gasteiger partial charge in [0.25, 0.3) is 0 Å². The third-order valence-corrected chi connectivity index (χ3v) is 6.67. The number of aliphatic carboxylic acids is 1. The molecule has 3 aromatic rings. The van der Waals surface area contributed by atoms with Crippen molar-refractivity contribution in [2.45, 2.75) is 58.2 Å². The first-order chi connectivity index (χ1) is 17.3. The number of nitrogens with one attached hydrogen (secondary N) is 2. The van der Waals surface area contributed by atoms with Gasteiger partial charge in [0.2, 0.25) is 0 Å². The van der Waals surface area contributed by atoms with Crippen molar-refractivity contribution in [1.29, 1.82) is 0 Å². The van der Waals surface area contributed by atoms with Crippen LogP contribution in [0.15, 0.2) is 54.6 Å². The number of ether oxygens (including phenoxy) is 1. The Balaban J connectivity index is 1.41. The van der Waals surface area contributed by atoms with Gasteiger partial charge in [-0.2, -0.15) is 5.10 Å². The molecule has 8 heteroatoms. The quantitative estimate of drug-likeness (QED) is 0.331. The average Bonchev–Trinajstić information content (AvgIpc) is 3.64. The first-order valence-electron chi connectivity index (χ1n) is 12.4. The van der Waals surface area contributed by atoms with E-state index in [1.54, 1.807) is 4.68 Å². The number of aromatic nitrogens is 2. The van der Waals surface area contributed by atoms with Crippen LogP contribution in [-0.2, 0) is 23.1 Å². The Morgan fingerprint density at radius 1 is 1.14 bits per heavy atom. The molecule has 1 aliphatic rings. The van der Waals surface area contributed by atoms with Crippen molar-refractivity contribution in [3.05, 3.63) is 71.4 Å². The van der Waals surface area contributed by atoms with Crippen molar-refractivity contribution in [2.24, 2.45) is 13.0 Å². The summed E-state index contributed by atoms with van der Waals surface area (Å²) in [7, 11) is 1.84. The van der Waals surface area contributed by atoms with E-state index in [0.29, 0.717) is 23.8 Å². The Morgan fingerprint density at radius 2 is 1.83 bits per heavy atom. The van der Waals surface area contributed by atoms with E-state index in [0.717, 1.165) is 28.8 Å². The number of carbonyl (C=O) groups is 2. The summed E-state index contributed by atoms with van der Waals surface area (Å²) in [5, 5.41) is 20.1. The Morgan fingerprint density at radius 3 is 2.47 bits per heavy atom. The molecule has 1 heterocycles. The number of hydrogen-bond donors (Lipinski definition) is 3. The normalized spacial score (nSPS) is 14.8. The second-order valence-electron chi connectivity index (χ2n) is 9.57. The number of amides is 1. The number of carboxylic acid groups (broad SMARTS) is 1. The van der Waals surface area contributed by atoms with Gasteiger partial charge in [0.05, 0.1) is 17.8 Å². The number of anilines is 1. The second-order valence-corrected chi connectivity index (χ2v) is 9.57. The first-order valence-corrected chi connectivity index (χ1v) is 12.4. The van der Waals surface area contributed by atoms with Crippen molar-refractivity contribution in [3.63, 3.8) is 0 Å². The van der Waals surface area contributed by atoms with Crippen LogP contribution in [0.25, 0.3) is 11.3 Å². The van der Waals surface area contributed by atoms with Gasteiger partial charge in [0, 0.05) is 25.2 Å².